The molecule has 1 saturated heterocycles. The zero-order chi connectivity index (χ0) is 15.4. The highest BCUT2D eigenvalue weighted by Gasteiger charge is 2.24. The summed E-state index contributed by atoms with van der Waals surface area (Å²) in [4.78, 5) is 26.1. The molecule has 1 atom stereocenters. The Hall–Kier alpha value is -1.81. The van der Waals surface area contributed by atoms with E-state index in [4.69, 9.17) is 6.42 Å². The number of hydrogen-bond acceptors (Lipinski definition) is 4. The highest BCUT2D eigenvalue weighted by molar-refractivity contribution is 9.10. The molecule has 0 aliphatic carbocycles. The lowest BCUT2D eigenvalue weighted by Gasteiger charge is -2.22. The van der Waals surface area contributed by atoms with Crippen molar-refractivity contribution >= 4 is 27.5 Å². The largest absolute Gasteiger partial charge is 0.372 e. The molecule has 1 amide bonds. The van der Waals surface area contributed by atoms with E-state index in [2.05, 4.69) is 32.3 Å². The number of hydrogen-bond donors (Lipinski definition) is 1. The van der Waals surface area contributed by atoms with Crippen LogP contribution in [0.1, 0.15) is 19.8 Å². The van der Waals surface area contributed by atoms with Crippen molar-refractivity contribution in [1.29, 1.82) is 0 Å². The molecule has 1 unspecified atom stereocenters. The van der Waals surface area contributed by atoms with Crippen molar-refractivity contribution in [3.05, 3.63) is 21.0 Å². The summed E-state index contributed by atoms with van der Waals surface area (Å²) in [6.07, 6.45) is 8.77. The van der Waals surface area contributed by atoms with Crippen LogP contribution in [0.4, 0.5) is 5.69 Å². The van der Waals surface area contributed by atoms with Gasteiger partial charge in [-0.25, -0.2) is 4.68 Å². The number of halogens is 1. The number of carbonyl (C=O) groups is 1. The molecule has 0 spiro atoms. The Morgan fingerprint density at radius 1 is 1.57 bits per heavy atom. The van der Waals surface area contributed by atoms with E-state index >= 15 is 0 Å². The molecule has 0 radical (unpaired) electrons. The van der Waals surface area contributed by atoms with E-state index in [0.717, 1.165) is 25.9 Å². The van der Waals surface area contributed by atoms with E-state index in [1.165, 1.54) is 10.9 Å². The second kappa shape index (κ2) is 6.76. The van der Waals surface area contributed by atoms with E-state index in [0.29, 0.717) is 10.2 Å². The van der Waals surface area contributed by atoms with Crippen LogP contribution in [0, 0.1) is 12.3 Å². The van der Waals surface area contributed by atoms with Crippen LogP contribution in [-0.2, 0) is 11.3 Å². The normalized spacial score (nSPS) is 15.6. The predicted octanol–water partition coefficient (Wildman–Crippen LogP) is 1.06. The third kappa shape index (κ3) is 3.45. The first-order valence-corrected chi connectivity index (χ1v) is 7.58. The van der Waals surface area contributed by atoms with Crippen molar-refractivity contribution in [2.45, 2.75) is 32.4 Å². The van der Waals surface area contributed by atoms with Crippen molar-refractivity contribution in [3.8, 4) is 12.3 Å². The number of nitrogens with one attached hydrogen (secondary N) is 1. The minimum Gasteiger partial charge on any atom is -0.372 e. The van der Waals surface area contributed by atoms with Crippen LogP contribution in [0.15, 0.2) is 15.5 Å². The standard InChI is InChI=1S/C14H17BrN4O2/c1-3-6-19-14(21)12(15)11(9-16-19)17-10(2)13(20)18-7-4-5-8-18/h1,9-10,17H,4-8H2,2H3. The molecule has 2 rings (SSSR count). The lowest BCUT2D eigenvalue weighted by atomic mass is 10.2. The van der Waals surface area contributed by atoms with Gasteiger partial charge in [-0.2, -0.15) is 5.10 Å². The molecule has 21 heavy (non-hydrogen) atoms. The number of terminal acetylenes is 1. The van der Waals surface area contributed by atoms with Crippen LogP contribution in [0.2, 0.25) is 0 Å². The summed E-state index contributed by atoms with van der Waals surface area (Å²) in [6.45, 7) is 3.49. The number of nitrogens with zero attached hydrogens (tertiary/aromatic N) is 3. The molecule has 7 heteroatoms. The first-order chi connectivity index (χ1) is 10.0. The maximum Gasteiger partial charge on any atom is 0.284 e. The van der Waals surface area contributed by atoms with E-state index in [9.17, 15) is 9.59 Å². The van der Waals surface area contributed by atoms with Crippen LogP contribution < -0.4 is 10.9 Å². The molecule has 1 N–H and O–H groups in total. The van der Waals surface area contributed by atoms with Crippen molar-refractivity contribution in [3.63, 3.8) is 0 Å². The van der Waals surface area contributed by atoms with Crippen LogP contribution in [0.25, 0.3) is 0 Å². The number of amides is 1. The van der Waals surface area contributed by atoms with E-state index in [1.807, 2.05) is 4.90 Å². The topological polar surface area (TPSA) is 67.2 Å². The molecule has 1 aromatic rings. The SMILES string of the molecule is C#CCn1ncc(NC(C)C(=O)N2CCCC2)c(Br)c1=O. The van der Waals surface area contributed by atoms with Gasteiger partial charge in [-0.1, -0.05) is 5.92 Å². The summed E-state index contributed by atoms with van der Waals surface area (Å²) in [5.41, 5.74) is 0.173. The summed E-state index contributed by atoms with van der Waals surface area (Å²) in [5.74, 6) is 2.40. The van der Waals surface area contributed by atoms with Gasteiger partial charge in [0.1, 0.15) is 17.1 Å². The van der Waals surface area contributed by atoms with Crippen LogP contribution in [0.3, 0.4) is 0 Å². The van der Waals surface area contributed by atoms with Crippen LogP contribution in [-0.4, -0.2) is 39.7 Å². The molecular formula is C14H17BrN4O2. The first-order valence-electron chi connectivity index (χ1n) is 6.79. The summed E-state index contributed by atoms with van der Waals surface area (Å²) < 4.78 is 1.51. The van der Waals surface area contributed by atoms with Gasteiger partial charge in [-0.05, 0) is 35.7 Å². The highest BCUT2D eigenvalue weighted by Crippen LogP contribution is 2.18. The number of carbonyl (C=O) groups excluding carboxylic acids is 1. The molecule has 112 valence electrons. The minimum atomic E-state index is -0.413. The van der Waals surface area contributed by atoms with Gasteiger partial charge in [-0.3, -0.25) is 9.59 Å². The average Bonchev–Trinajstić information content (AvgIpc) is 3.00. The fourth-order valence-corrected chi connectivity index (χ4v) is 2.69. The summed E-state index contributed by atoms with van der Waals surface area (Å²) in [6, 6.07) is -0.413. The molecule has 1 aliphatic rings. The second-order valence-corrected chi connectivity index (χ2v) is 5.73. The molecule has 0 saturated carbocycles. The first kappa shape index (κ1) is 15.6. The van der Waals surface area contributed by atoms with E-state index in [-0.39, 0.29) is 18.0 Å². The maximum absolute atomic E-state index is 12.2. The van der Waals surface area contributed by atoms with E-state index < -0.39 is 6.04 Å². The maximum atomic E-state index is 12.2. The third-order valence-corrected chi connectivity index (χ3v) is 4.15. The lowest BCUT2D eigenvalue weighted by molar-refractivity contribution is -0.130. The molecule has 0 bridgehead atoms. The number of aromatic nitrogens is 2. The number of likely N-dealkylation sites (tertiary alicyclic amines) is 1. The quantitative estimate of drug-likeness (QED) is 0.822. The van der Waals surface area contributed by atoms with Gasteiger partial charge < -0.3 is 10.2 Å². The van der Waals surface area contributed by atoms with Gasteiger partial charge in [0.05, 0.1) is 11.9 Å². The van der Waals surface area contributed by atoms with Gasteiger partial charge in [0, 0.05) is 13.1 Å². The lowest BCUT2D eigenvalue weighted by Crippen LogP contribution is -2.40. The van der Waals surface area contributed by atoms with Crippen LogP contribution in [0.5, 0.6) is 0 Å². The third-order valence-electron chi connectivity index (χ3n) is 3.39. The Kier molecular flexibility index (Phi) is 5.02. The van der Waals surface area contributed by atoms with Crippen molar-refractivity contribution in [2.75, 3.05) is 18.4 Å². The van der Waals surface area contributed by atoms with Gasteiger partial charge in [0.2, 0.25) is 5.91 Å². The zero-order valence-electron chi connectivity index (χ0n) is 11.8. The Bertz CT molecular complexity index is 629. The summed E-state index contributed by atoms with van der Waals surface area (Å²) in [7, 11) is 0. The molecule has 2 heterocycles. The molecule has 6 nitrogen and oxygen atoms in total. The Morgan fingerprint density at radius 2 is 2.24 bits per heavy atom. The smallest absolute Gasteiger partial charge is 0.284 e. The monoisotopic (exact) mass is 352 g/mol. The average molecular weight is 353 g/mol. The predicted molar refractivity (Wildman–Crippen MR) is 83.9 cm³/mol. The number of anilines is 1. The van der Waals surface area contributed by atoms with Crippen molar-refractivity contribution in [2.24, 2.45) is 0 Å². The van der Waals surface area contributed by atoms with E-state index in [1.54, 1.807) is 6.92 Å². The zero-order valence-corrected chi connectivity index (χ0v) is 13.4. The molecule has 1 aliphatic heterocycles. The fraction of sp³-hybridized carbons (Fsp3) is 0.500. The highest BCUT2D eigenvalue weighted by atomic mass is 79.9. The Labute approximate surface area is 131 Å². The van der Waals surface area contributed by atoms with Crippen molar-refractivity contribution < 1.29 is 4.79 Å². The van der Waals surface area contributed by atoms with Crippen LogP contribution >= 0.6 is 15.9 Å². The molecule has 1 aromatic heterocycles. The van der Waals surface area contributed by atoms with Gasteiger partial charge in [0.25, 0.3) is 5.56 Å². The Morgan fingerprint density at radius 3 is 2.86 bits per heavy atom. The van der Waals surface area contributed by atoms with Gasteiger partial charge in [0.15, 0.2) is 0 Å². The number of rotatable bonds is 4. The van der Waals surface area contributed by atoms with Gasteiger partial charge >= 0.3 is 0 Å². The Balaban J connectivity index is 2.12. The summed E-state index contributed by atoms with van der Waals surface area (Å²) in [5, 5.41) is 7.01. The second-order valence-electron chi connectivity index (χ2n) is 4.94. The molecule has 1 fully saturated rings. The molecule has 0 aromatic carbocycles. The van der Waals surface area contributed by atoms with Crippen molar-refractivity contribution in [1.82, 2.24) is 14.7 Å². The summed E-state index contributed by atoms with van der Waals surface area (Å²) >= 11 is 3.23. The molecular weight excluding hydrogens is 336 g/mol. The van der Waals surface area contributed by atoms with Gasteiger partial charge in [-0.15, -0.1) is 6.42 Å². The fourth-order valence-electron chi connectivity index (χ4n) is 2.27. The minimum absolute atomic E-state index is 0.0344.